The van der Waals surface area contributed by atoms with Gasteiger partial charge in [-0.15, -0.1) is 0 Å². The second-order valence-electron chi connectivity index (χ2n) is 5.47. The summed E-state index contributed by atoms with van der Waals surface area (Å²) in [5, 5.41) is 9.45. The molecule has 2 aliphatic rings. The molecule has 0 amide bonds. The summed E-state index contributed by atoms with van der Waals surface area (Å²) in [5.41, 5.74) is 2.51. The van der Waals surface area contributed by atoms with E-state index in [2.05, 4.69) is 16.8 Å². The normalized spacial score (nSPS) is 21.9. The minimum absolute atomic E-state index is 0.167. The summed E-state index contributed by atoms with van der Waals surface area (Å²) in [6.45, 7) is 4.16. The van der Waals surface area contributed by atoms with Crippen LogP contribution >= 0.6 is 0 Å². The Morgan fingerprint density at radius 2 is 2.40 bits per heavy atom. The van der Waals surface area contributed by atoms with Crippen LogP contribution in [0.2, 0.25) is 0 Å². The van der Waals surface area contributed by atoms with Crippen LogP contribution in [0.3, 0.4) is 0 Å². The highest BCUT2D eigenvalue weighted by Gasteiger charge is 2.27. The fraction of sp³-hybridized carbons (Fsp3) is 0.600. The lowest BCUT2D eigenvalue weighted by atomic mass is 10.1. The molecule has 0 aromatic carbocycles. The molecule has 1 atom stereocenters. The minimum Gasteiger partial charge on any atom is -0.478 e. The molecule has 1 aliphatic heterocycles. The summed E-state index contributed by atoms with van der Waals surface area (Å²) in [5.74, 6) is -0.262. The molecule has 3 rings (SSSR count). The van der Waals surface area contributed by atoms with Crippen molar-refractivity contribution in [3.05, 3.63) is 22.9 Å². The molecule has 1 N–H and O–H groups in total. The minimum atomic E-state index is -0.887. The molecule has 1 aromatic heterocycles. The van der Waals surface area contributed by atoms with Crippen molar-refractivity contribution in [3.8, 4) is 0 Å². The van der Waals surface area contributed by atoms with Gasteiger partial charge in [-0.2, -0.15) is 0 Å². The van der Waals surface area contributed by atoms with Crippen molar-refractivity contribution in [2.75, 3.05) is 24.6 Å². The SMILES string of the molecule is CCC1CN(c2nc3c(cc2C(=O)O)CCC3)CCO1. The molecule has 0 spiro atoms. The number of anilines is 1. The molecule has 5 heteroatoms. The first-order valence-corrected chi connectivity index (χ1v) is 7.31. The number of aromatic carboxylic acids is 1. The lowest BCUT2D eigenvalue weighted by molar-refractivity contribution is 0.0379. The largest absolute Gasteiger partial charge is 0.478 e. The van der Waals surface area contributed by atoms with E-state index in [0.29, 0.717) is 24.5 Å². The summed E-state index contributed by atoms with van der Waals surface area (Å²) in [6.07, 6.45) is 4.09. The van der Waals surface area contributed by atoms with E-state index in [1.165, 1.54) is 0 Å². The van der Waals surface area contributed by atoms with E-state index in [1.807, 2.05) is 6.07 Å². The van der Waals surface area contributed by atoms with Gasteiger partial charge in [0.15, 0.2) is 0 Å². The molecule has 1 unspecified atom stereocenters. The maximum absolute atomic E-state index is 11.5. The lowest BCUT2D eigenvalue weighted by Gasteiger charge is -2.34. The Labute approximate surface area is 118 Å². The van der Waals surface area contributed by atoms with Gasteiger partial charge in [0.1, 0.15) is 11.4 Å². The van der Waals surface area contributed by atoms with Crippen LogP contribution in [0.15, 0.2) is 6.07 Å². The Balaban J connectivity index is 1.97. The number of hydrogen-bond acceptors (Lipinski definition) is 4. The summed E-state index contributed by atoms with van der Waals surface area (Å²) < 4.78 is 5.65. The Bertz CT molecular complexity index is 530. The van der Waals surface area contributed by atoms with E-state index in [4.69, 9.17) is 4.74 Å². The highest BCUT2D eigenvalue weighted by molar-refractivity contribution is 5.93. The van der Waals surface area contributed by atoms with Gasteiger partial charge in [-0.1, -0.05) is 6.92 Å². The van der Waals surface area contributed by atoms with E-state index < -0.39 is 5.97 Å². The van der Waals surface area contributed by atoms with Crippen molar-refractivity contribution in [3.63, 3.8) is 0 Å². The Morgan fingerprint density at radius 1 is 1.55 bits per heavy atom. The fourth-order valence-corrected chi connectivity index (χ4v) is 3.02. The molecule has 0 bridgehead atoms. The predicted octanol–water partition coefficient (Wildman–Crippen LogP) is 1.88. The second kappa shape index (κ2) is 5.40. The van der Waals surface area contributed by atoms with Crippen LogP contribution in [-0.2, 0) is 17.6 Å². The zero-order valence-electron chi connectivity index (χ0n) is 11.8. The molecule has 1 saturated heterocycles. The van der Waals surface area contributed by atoms with Crippen molar-refractivity contribution in [2.24, 2.45) is 0 Å². The number of pyridine rings is 1. The number of carboxylic acids is 1. The molecule has 1 aromatic rings. The topological polar surface area (TPSA) is 62.7 Å². The number of carboxylic acid groups (broad SMARTS) is 1. The number of fused-ring (bicyclic) bond motifs is 1. The zero-order chi connectivity index (χ0) is 14.1. The molecule has 20 heavy (non-hydrogen) atoms. The number of nitrogens with zero attached hydrogens (tertiary/aromatic N) is 2. The summed E-state index contributed by atoms with van der Waals surface area (Å²) >= 11 is 0. The van der Waals surface area contributed by atoms with E-state index in [0.717, 1.165) is 43.5 Å². The number of rotatable bonds is 3. The van der Waals surface area contributed by atoms with Crippen LogP contribution in [0.5, 0.6) is 0 Å². The van der Waals surface area contributed by atoms with Crippen LogP contribution in [0, 0.1) is 0 Å². The molecule has 0 saturated carbocycles. The number of hydrogen-bond donors (Lipinski definition) is 1. The highest BCUT2D eigenvalue weighted by Crippen LogP contribution is 2.28. The van der Waals surface area contributed by atoms with Crippen LogP contribution < -0.4 is 4.90 Å². The number of ether oxygens (including phenoxy) is 1. The van der Waals surface area contributed by atoms with Gasteiger partial charge in [0.25, 0.3) is 0 Å². The Kier molecular flexibility index (Phi) is 3.61. The van der Waals surface area contributed by atoms with Crippen LogP contribution in [0.1, 0.15) is 41.4 Å². The summed E-state index contributed by atoms with van der Waals surface area (Å²) in [4.78, 5) is 18.2. The molecule has 5 nitrogen and oxygen atoms in total. The Hall–Kier alpha value is -1.62. The zero-order valence-corrected chi connectivity index (χ0v) is 11.8. The van der Waals surface area contributed by atoms with Crippen molar-refractivity contribution in [2.45, 2.75) is 38.7 Å². The third kappa shape index (κ3) is 2.38. The third-order valence-corrected chi connectivity index (χ3v) is 4.15. The number of aromatic nitrogens is 1. The number of morpholine rings is 1. The molecular formula is C15H20N2O3. The molecule has 2 heterocycles. The van der Waals surface area contributed by atoms with E-state index in [1.54, 1.807) is 0 Å². The average Bonchev–Trinajstić information content (AvgIpc) is 2.93. The molecular weight excluding hydrogens is 256 g/mol. The smallest absolute Gasteiger partial charge is 0.339 e. The Morgan fingerprint density at radius 3 is 3.15 bits per heavy atom. The van der Waals surface area contributed by atoms with Gasteiger partial charge >= 0.3 is 5.97 Å². The first kappa shape index (κ1) is 13.4. The maximum atomic E-state index is 11.5. The first-order valence-electron chi connectivity index (χ1n) is 7.31. The van der Waals surface area contributed by atoms with Crippen molar-refractivity contribution in [1.82, 2.24) is 4.98 Å². The monoisotopic (exact) mass is 276 g/mol. The van der Waals surface area contributed by atoms with Crippen molar-refractivity contribution < 1.29 is 14.6 Å². The summed E-state index contributed by atoms with van der Waals surface area (Å²) in [7, 11) is 0. The van der Waals surface area contributed by atoms with E-state index >= 15 is 0 Å². The maximum Gasteiger partial charge on any atom is 0.339 e. The van der Waals surface area contributed by atoms with Crippen LogP contribution in [-0.4, -0.2) is 41.9 Å². The van der Waals surface area contributed by atoms with Gasteiger partial charge in [-0.25, -0.2) is 9.78 Å². The highest BCUT2D eigenvalue weighted by atomic mass is 16.5. The van der Waals surface area contributed by atoms with Crippen LogP contribution in [0.25, 0.3) is 0 Å². The predicted molar refractivity (Wildman–Crippen MR) is 75.5 cm³/mol. The average molecular weight is 276 g/mol. The van der Waals surface area contributed by atoms with Gasteiger partial charge in [0.2, 0.25) is 0 Å². The molecule has 1 fully saturated rings. The lowest BCUT2D eigenvalue weighted by Crippen LogP contribution is -2.43. The van der Waals surface area contributed by atoms with E-state index in [9.17, 15) is 9.90 Å². The van der Waals surface area contributed by atoms with Gasteiger partial charge in [-0.3, -0.25) is 0 Å². The van der Waals surface area contributed by atoms with E-state index in [-0.39, 0.29) is 6.10 Å². The quantitative estimate of drug-likeness (QED) is 0.913. The molecule has 0 radical (unpaired) electrons. The summed E-state index contributed by atoms with van der Waals surface area (Å²) in [6, 6.07) is 1.82. The van der Waals surface area contributed by atoms with Gasteiger partial charge in [-0.05, 0) is 37.3 Å². The standard InChI is InChI=1S/C15H20N2O3/c1-2-11-9-17(6-7-20-11)14-12(15(18)19)8-10-4-3-5-13(10)16-14/h8,11H,2-7,9H2,1H3,(H,18,19). The second-order valence-corrected chi connectivity index (χ2v) is 5.47. The van der Waals surface area contributed by atoms with Crippen molar-refractivity contribution in [1.29, 1.82) is 0 Å². The third-order valence-electron chi connectivity index (χ3n) is 4.15. The molecule has 1 aliphatic carbocycles. The van der Waals surface area contributed by atoms with Gasteiger partial charge in [0.05, 0.1) is 12.7 Å². The van der Waals surface area contributed by atoms with Gasteiger partial charge in [0, 0.05) is 18.8 Å². The van der Waals surface area contributed by atoms with Crippen molar-refractivity contribution >= 4 is 11.8 Å². The number of aryl methyl sites for hydroxylation is 2. The first-order chi connectivity index (χ1) is 9.69. The molecule has 108 valence electrons. The number of carbonyl (C=O) groups is 1. The fourth-order valence-electron chi connectivity index (χ4n) is 3.02. The van der Waals surface area contributed by atoms with Gasteiger partial charge < -0.3 is 14.7 Å². The van der Waals surface area contributed by atoms with Crippen LogP contribution in [0.4, 0.5) is 5.82 Å².